The van der Waals surface area contributed by atoms with Crippen molar-refractivity contribution in [2.45, 2.75) is 38.6 Å². The molecule has 1 atom stereocenters. The van der Waals surface area contributed by atoms with Crippen molar-refractivity contribution in [3.8, 4) is 0 Å². The summed E-state index contributed by atoms with van der Waals surface area (Å²) in [6, 6.07) is -0.438. The minimum atomic E-state index is -1.26. The van der Waals surface area contributed by atoms with Gasteiger partial charge in [-0.25, -0.2) is 9.59 Å². The van der Waals surface area contributed by atoms with Gasteiger partial charge in [0.05, 0.1) is 6.61 Å². The lowest BCUT2D eigenvalue weighted by molar-refractivity contribution is -0.144. The number of urea groups is 1. The molecule has 0 spiro atoms. The van der Waals surface area contributed by atoms with E-state index in [2.05, 4.69) is 24.5 Å². The Morgan fingerprint density at radius 2 is 2.17 bits per heavy atom. The molecule has 1 heterocycles. The van der Waals surface area contributed by atoms with Crippen LogP contribution in [0.4, 0.5) is 4.79 Å². The zero-order chi connectivity index (χ0) is 13.6. The normalized spacial score (nSPS) is 23.1. The standard InChI is InChI=1S/C12H22N2O4/c1-9(2)4-3-6-13-11(17)14-12(10(15)16)5-7-18-8-12/h9H,3-8H2,1-2H3,(H,15,16)(H2,13,14,17). The Morgan fingerprint density at radius 1 is 1.44 bits per heavy atom. The molecule has 18 heavy (non-hydrogen) atoms. The van der Waals surface area contributed by atoms with Crippen LogP contribution in [0.1, 0.15) is 33.1 Å². The zero-order valence-corrected chi connectivity index (χ0v) is 11.0. The van der Waals surface area contributed by atoms with E-state index in [0.29, 0.717) is 25.5 Å². The molecule has 0 saturated carbocycles. The summed E-state index contributed by atoms with van der Waals surface area (Å²) < 4.78 is 5.06. The molecule has 0 aromatic rings. The van der Waals surface area contributed by atoms with Gasteiger partial charge in [-0.15, -0.1) is 0 Å². The number of aliphatic carboxylic acids is 1. The molecule has 0 radical (unpaired) electrons. The number of nitrogens with one attached hydrogen (secondary N) is 2. The van der Waals surface area contributed by atoms with E-state index in [1.165, 1.54) is 0 Å². The molecule has 0 aliphatic carbocycles. The summed E-state index contributed by atoms with van der Waals surface area (Å²) in [5.74, 6) is -0.444. The summed E-state index contributed by atoms with van der Waals surface area (Å²) in [6.45, 7) is 5.19. The second kappa shape index (κ2) is 6.58. The van der Waals surface area contributed by atoms with E-state index in [9.17, 15) is 9.59 Å². The Morgan fingerprint density at radius 3 is 2.67 bits per heavy atom. The van der Waals surface area contributed by atoms with E-state index in [4.69, 9.17) is 9.84 Å². The minimum Gasteiger partial charge on any atom is -0.479 e. The largest absolute Gasteiger partial charge is 0.479 e. The molecule has 2 amide bonds. The van der Waals surface area contributed by atoms with Gasteiger partial charge in [0.2, 0.25) is 0 Å². The van der Waals surface area contributed by atoms with Crippen LogP contribution in [0.2, 0.25) is 0 Å². The summed E-state index contributed by atoms with van der Waals surface area (Å²) in [5, 5.41) is 14.3. The van der Waals surface area contributed by atoms with Crippen molar-refractivity contribution in [1.82, 2.24) is 10.6 Å². The second-order valence-corrected chi connectivity index (χ2v) is 5.11. The van der Waals surface area contributed by atoms with Crippen LogP contribution in [0.25, 0.3) is 0 Å². The number of ether oxygens (including phenoxy) is 1. The Balaban J connectivity index is 2.32. The lowest BCUT2D eigenvalue weighted by Gasteiger charge is -2.23. The average molecular weight is 258 g/mol. The quantitative estimate of drug-likeness (QED) is 0.619. The number of rotatable bonds is 6. The number of amides is 2. The summed E-state index contributed by atoms with van der Waals surface area (Å²) in [5.41, 5.74) is -1.26. The van der Waals surface area contributed by atoms with Gasteiger partial charge in [-0.05, 0) is 18.8 Å². The molecule has 1 aliphatic heterocycles. The minimum absolute atomic E-state index is 0.0295. The Kier molecular flexibility index (Phi) is 5.40. The number of hydrogen-bond acceptors (Lipinski definition) is 3. The molecule has 1 rings (SSSR count). The zero-order valence-electron chi connectivity index (χ0n) is 11.0. The fourth-order valence-corrected chi connectivity index (χ4v) is 1.86. The smallest absolute Gasteiger partial charge is 0.332 e. The molecular formula is C12H22N2O4. The van der Waals surface area contributed by atoms with Crippen molar-refractivity contribution in [2.75, 3.05) is 19.8 Å². The van der Waals surface area contributed by atoms with Gasteiger partial charge < -0.3 is 20.5 Å². The van der Waals surface area contributed by atoms with Gasteiger partial charge in [0.1, 0.15) is 0 Å². The molecule has 1 fully saturated rings. The average Bonchev–Trinajstić information content (AvgIpc) is 2.74. The molecule has 1 aliphatic rings. The molecule has 0 bridgehead atoms. The molecule has 1 saturated heterocycles. The van der Waals surface area contributed by atoms with Crippen LogP contribution in [0, 0.1) is 5.92 Å². The highest BCUT2D eigenvalue weighted by atomic mass is 16.5. The van der Waals surface area contributed by atoms with E-state index in [-0.39, 0.29) is 6.61 Å². The summed E-state index contributed by atoms with van der Waals surface area (Å²) in [7, 11) is 0. The first-order valence-corrected chi connectivity index (χ1v) is 6.33. The maximum atomic E-state index is 11.6. The summed E-state index contributed by atoms with van der Waals surface area (Å²) in [6.07, 6.45) is 2.23. The van der Waals surface area contributed by atoms with Crippen LogP contribution in [0.3, 0.4) is 0 Å². The van der Waals surface area contributed by atoms with Crippen LogP contribution < -0.4 is 10.6 Å². The van der Waals surface area contributed by atoms with Crippen molar-refractivity contribution in [3.05, 3.63) is 0 Å². The fourth-order valence-electron chi connectivity index (χ4n) is 1.86. The third-order valence-corrected chi connectivity index (χ3v) is 3.03. The van der Waals surface area contributed by atoms with Gasteiger partial charge in [0, 0.05) is 19.6 Å². The van der Waals surface area contributed by atoms with E-state index >= 15 is 0 Å². The van der Waals surface area contributed by atoms with Crippen LogP contribution in [-0.4, -0.2) is 42.4 Å². The Hall–Kier alpha value is -1.30. The monoisotopic (exact) mass is 258 g/mol. The molecule has 6 heteroatoms. The lowest BCUT2D eigenvalue weighted by Crippen LogP contribution is -2.57. The van der Waals surface area contributed by atoms with Crippen molar-refractivity contribution in [1.29, 1.82) is 0 Å². The second-order valence-electron chi connectivity index (χ2n) is 5.11. The molecule has 0 aromatic heterocycles. The number of hydrogen-bond donors (Lipinski definition) is 3. The number of carboxylic acids is 1. The third-order valence-electron chi connectivity index (χ3n) is 3.03. The summed E-state index contributed by atoms with van der Waals surface area (Å²) in [4.78, 5) is 22.8. The van der Waals surface area contributed by atoms with E-state index in [1.807, 2.05) is 0 Å². The van der Waals surface area contributed by atoms with Gasteiger partial charge in [0.25, 0.3) is 0 Å². The van der Waals surface area contributed by atoms with Crippen molar-refractivity contribution in [3.63, 3.8) is 0 Å². The van der Waals surface area contributed by atoms with Crippen molar-refractivity contribution in [2.24, 2.45) is 5.92 Å². The van der Waals surface area contributed by atoms with Gasteiger partial charge in [-0.1, -0.05) is 13.8 Å². The molecular weight excluding hydrogens is 236 g/mol. The predicted molar refractivity (Wildman–Crippen MR) is 66.4 cm³/mol. The molecule has 6 nitrogen and oxygen atoms in total. The predicted octanol–water partition coefficient (Wildman–Crippen LogP) is 0.965. The van der Waals surface area contributed by atoms with Crippen LogP contribution >= 0.6 is 0 Å². The number of carbonyl (C=O) groups excluding carboxylic acids is 1. The van der Waals surface area contributed by atoms with Crippen LogP contribution in [0.5, 0.6) is 0 Å². The first-order chi connectivity index (χ1) is 8.46. The highest BCUT2D eigenvalue weighted by Gasteiger charge is 2.43. The van der Waals surface area contributed by atoms with E-state index < -0.39 is 17.5 Å². The lowest BCUT2D eigenvalue weighted by atomic mass is 9.99. The Bertz CT molecular complexity index is 298. The highest BCUT2D eigenvalue weighted by molar-refractivity contribution is 5.86. The van der Waals surface area contributed by atoms with Gasteiger partial charge in [-0.3, -0.25) is 0 Å². The fraction of sp³-hybridized carbons (Fsp3) is 0.833. The number of carbonyl (C=O) groups is 2. The van der Waals surface area contributed by atoms with E-state index in [1.54, 1.807) is 0 Å². The molecule has 3 N–H and O–H groups in total. The van der Waals surface area contributed by atoms with Crippen LogP contribution in [0.15, 0.2) is 0 Å². The van der Waals surface area contributed by atoms with Gasteiger partial charge in [-0.2, -0.15) is 0 Å². The summed E-state index contributed by atoms with van der Waals surface area (Å²) >= 11 is 0. The van der Waals surface area contributed by atoms with Crippen molar-refractivity contribution >= 4 is 12.0 Å². The number of carboxylic acid groups (broad SMARTS) is 1. The highest BCUT2D eigenvalue weighted by Crippen LogP contribution is 2.18. The topological polar surface area (TPSA) is 87.7 Å². The van der Waals surface area contributed by atoms with Crippen LogP contribution in [-0.2, 0) is 9.53 Å². The Labute approximate surface area is 107 Å². The molecule has 0 aromatic carbocycles. The van der Waals surface area contributed by atoms with E-state index in [0.717, 1.165) is 12.8 Å². The maximum absolute atomic E-state index is 11.6. The first-order valence-electron chi connectivity index (χ1n) is 6.33. The van der Waals surface area contributed by atoms with Crippen molar-refractivity contribution < 1.29 is 19.4 Å². The third kappa shape index (κ3) is 4.18. The molecule has 1 unspecified atom stereocenters. The van der Waals surface area contributed by atoms with Gasteiger partial charge >= 0.3 is 12.0 Å². The molecule has 104 valence electrons. The first kappa shape index (κ1) is 14.8. The maximum Gasteiger partial charge on any atom is 0.332 e. The van der Waals surface area contributed by atoms with Gasteiger partial charge in [0.15, 0.2) is 5.54 Å². The SMILES string of the molecule is CC(C)CCCNC(=O)NC1(C(=O)O)CCOC1.